The molecule has 0 bridgehead atoms. The van der Waals surface area contributed by atoms with E-state index >= 15 is 0 Å². The van der Waals surface area contributed by atoms with Gasteiger partial charge in [-0.05, 0) is 25.0 Å². The van der Waals surface area contributed by atoms with Gasteiger partial charge in [0.05, 0.1) is 24.4 Å². The molecule has 1 aromatic rings. The van der Waals surface area contributed by atoms with Gasteiger partial charge in [-0.3, -0.25) is 0 Å². The van der Waals surface area contributed by atoms with Crippen molar-refractivity contribution in [2.45, 2.75) is 44.2 Å². The van der Waals surface area contributed by atoms with E-state index in [0.29, 0.717) is 18.9 Å². The van der Waals surface area contributed by atoms with Crippen molar-refractivity contribution in [2.24, 2.45) is 0 Å². The van der Waals surface area contributed by atoms with Crippen LogP contribution in [0.5, 0.6) is 5.75 Å². The number of carbonyl (C=O) groups is 1. The van der Waals surface area contributed by atoms with Gasteiger partial charge in [0, 0.05) is 0 Å². The lowest BCUT2D eigenvalue weighted by molar-refractivity contribution is 0.0691. The molecule has 1 aliphatic carbocycles. The Bertz CT molecular complexity index is 531. The predicted octanol–water partition coefficient (Wildman–Crippen LogP) is 2.28. The van der Waals surface area contributed by atoms with Gasteiger partial charge < -0.3 is 19.8 Å². The Morgan fingerprint density at radius 2 is 2.05 bits per heavy atom. The van der Waals surface area contributed by atoms with Gasteiger partial charge in [0.2, 0.25) is 0 Å². The molecule has 1 aliphatic heterocycles. The number of fused-ring (bicyclic) bond motifs is 1. The number of aliphatic hydroxyl groups excluding tert-OH is 1. The Hall–Kier alpha value is -1.75. The number of hydrogen-bond acceptors (Lipinski definition) is 4. The minimum atomic E-state index is -0.977. The lowest BCUT2D eigenvalue weighted by Crippen LogP contribution is -2.47. The van der Waals surface area contributed by atoms with Crippen LogP contribution in [0.25, 0.3) is 0 Å². The molecule has 1 saturated carbocycles. The summed E-state index contributed by atoms with van der Waals surface area (Å²) in [6, 6.07) is 5.25. The van der Waals surface area contributed by atoms with E-state index in [1.165, 1.54) is 0 Å². The molecule has 0 aromatic heterocycles. The smallest absolute Gasteiger partial charge is 0.339 e. The van der Waals surface area contributed by atoms with Crippen LogP contribution in [0.1, 0.15) is 42.5 Å². The average molecular weight is 291 g/mol. The Morgan fingerprint density at radius 3 is 2.86 bits per heavy atom. The Morgan fingerprint density at radius 1 is 1.24 bits per heavy atom. The number of benzene rings is 1. The average Bonchev–Trinajstić information content (AvgIpc) is 2.70. The van der Waals surface area contributed by atoms with Crippen molar-refractivity contribution in [3.8, 4) is 5.75 Å². The van der Waals surface area contributed by atoms with Crippen molar-refractivity contribution in [2.75, 3.05) is 18.1 Å². The zero-order valence-electron chi connectivity index (χ0n) is 12.0. The van der Waals surface area contributed by atoms with Crippen molar-refractivity contribution in [3.63, 3.8) is 0 Å². The highest BCUT2D eigenvalue weighted by molar-refractivity contribution is 5.93. The van der Waals surface area contributed by atoms with E-state index in [-0.39, 0.29) is 17.7 Å². The number of ether oxygens (including phenoxy) is 1. The molecule has 0 saturated heterocycles. The maximum absolute atomic E-state index is 11.3. The molecule has 0 radical (unpaired) electrons. The van der Waals surface area contributed by atoms with Crippen LogP contribution in [0.3, 0.4) is 0 Å². The van der Waals surface area contributed by atoms with E-state index in [2.05, 4.69) is 4.90 Å². The number of carboxylic acids is 1. The molecule has 5 heteroatoms. The van der Waals surface area contributed by atoms with E-state index in [4.69, 9.17) is 4.74 Å². The zero-order valence-corrected chi connectivity index (χ0v) is 12.0. The first kappa shape index (κ1) is 14.2. The first-order valence-electron chi connectivity index (χ1n) is 7.62. The molecule has 3 rings (SSSR count). The van der Waals surface area contributed by atoms with Gasteiger partial charge >= 0.3 is 5.97 Å². The lowest BCUT2D eigenvalue weighted by atomic mass is 10.0. The number of carboxylic acid groups (broad SMARTS) is 1. The van der Waals surface area contributed by atoms with E-state index in [9.17, 15) is 15.0 Å². The largest absolute Gasteiger partial charge is 0.489 e. The van der Waals surface area contributed by atoms with Gasteiger partial charge in [-0.15, -0.1) is 0 Å². The van der Waals surface area contributed by atoms with Gasteiger partial charge in [0.25, 0.3) is 0 Å². The molecule has 114 valence electrons. The molecular weight excluding hydrogens is 270 g/mol. The second-order valence-electron chi connectivity index (χ2n) is 5.77. The minimum Gasteiger partial charge on any atom is -0.489 e. The van der Waals surface area contributed by atoms with Crippen LogP contribution in [0.2, 0.25) is 0 Å². The SMILES string of the molecule is O=C(O)c1cccc2c1OCCN2C1CCCCCC1O. The molecule has 1 aromatic carbocycles. The van der Waals surface area contributed by atoms with Crippen molar-refractivity contribution in [3.05, 3.63) is 23.8 Å². The van der Waals surface area contributed by atoms with E-state index in [0.717, 1.165) is 37.8 Å². The van der Waals surface area contributed by atoms with Gasteiger partial charge in [-0.25, -0.2) is 4.79 Å². The van der Waals surface area contributed by atoms with Crippen molar-refractivity contribution in [1.82, 2.24) is 0 Å². The summed E-state index contributed by atoms with van der Waals surface area (Å²) in [4.78, 5) is 13.5. The fraction of sp³-hybridized carbons (Fsp3) is 0.562. The summed E-state index contributed by atoms with van der Waals surface area (Å²) in [5.74, 6) is -0.539. The quantitative estimate of drug-likeness (QED) is 0.818. The van der Waals surface area contributed by atoms with Crippen molar-refractivity contribution in [1.29, 1.82) is 0 Å². The summed E-state index contributed by atoms with van der Waals surface area (Å²) in [5.41, 5.74) is 0.993. The Balaban J connectivity index is 1.96. The van der Waals surface area contributed by atoms with Crippen LogP contribution in [0.4, 0.5) is 5.69 Å². The highest BCUT2D eigenvalue weighted by Crippen LogP contribution is 2.38. The number of hydrogen-bond donors (Lipinski definition) is 2. The zero-order chi connectivity index (χ0) is 14.8. The number of nitrogens with zero attached hydrogens (tertiary/aromatic N) is 1. The Labute approximate surface area is 124 Å². The molecule has 2 unspecified atom stereocenters. The summed E-state index contributed by atoms with van der Waals surface area (Å²) < 4.78 is 5.60. The molecule has 2 atom stereocenters. The molecule has 0 amide bonds. The topological polar surface area (TPSA) is 70.0 Å². The summed E-state index contributed by atoms with van der Waals surface area (Å²) in [7, 11) is 0. The van der Waals surface area contributed by atoms with Gasteiger partial charge in [-0.1, -0.05) is 25.3 Å². The molecular formula is C16H21NO4. The lowest BCUT2D eigenvalue weighted by Gasteiger charge is -2.39. The molecule has 0 spiro atoms. The molecule has 1 heterocycles. The van der Waals surface area contributed by atoms with E-state index < -0.39 is 5.97 Å². The maximum Gasteiger partial charge on any atom is 0.339 e. The second kappa shape index (κ2) is 5.93. The van der Waals surface area contributed by atoms with Crippen LogP contribution >= 0.6 is 0 Å². The third kappa shape index (κ3) is 2.70. The summed E-state index contributed by atoms with van der Waals surface area (Å²) >= 11 is 0. The summed E-state index contributed by atoms with van der Waals surface area (Å²) in [6.45, 7) is 1.15. The number of rotatable bonds is 2. The molecule has 2 aliphatic rings. The first-order chi connectivity index (χ1) is 10.2. The van der Waals surface area contributed by atoms with Crippen molar-refractivity contribution >= 4 is 11.7 Å². The van der Waals surface area contributed by atoms with E-state index in [1.807, 2.05) is 6.07 Å². The van der Waals surface area contributed by atoms with Crippen LogP contribution < -0.4 is 9.64 Å². The number of anilines is 1. The number of para-hydroxylation sites is 1. The first-order valence-corrected chi connectivity index (χ1v) is 7.62. The predicted molar refractivity (Wildman–Crippen MR) is 79.1 cm³/mol. The third-order valence-corrected chi connectivity index (χ3v) is 4.46. The summed E-state index contributed by atoms with van der Waals surface area (Å²) in [5, 5.41) is 19.7. The van der Waals surface area contributed by atoms with Gasteiger partial charge in [-0.2, -0.15) is 0 Å². The van der Waals surface area contributed by atoms with E-state index in [1.54, 1.807) is 12.1 Å². The van der Waals surface area contributed by atoms with Crippen LogP contribution in [0, 0.1) is 0 Å². The number of aromatic carboxylic acids is 1. The second-order valence-corrected chi connectivity index (χ2v) is 5.77. The Kier molecular flexibility index (Phi) is 4.01. The maximum atomic E-state index is 11.3. The monoisotopic (exact) mass is 291 g/mol. The van der Waals surface area contributed by atoms with Crippen LogP contribution in [-0.4, -0.2) is 41.5 Å². The highest BCUT2D eigenvalue weighted by Gasteiger charge is 2.32. The standard InChI is InChI=1S/C16H21NO4/c18-14-8-3-1-2-6-12(14)17-9-10-21-15-11(16(19)20)5-4-7-13(15)17/h4-5,7,12,14,18H,1-3,6,8-10H2,(H,19,20). The van der Waals surface area contributed by atoms with Gasteiger partial charge in [0.1, 0.15) is 12.2 Å². The fourth-order valence-corrected chi connectivity index (χ4v) is 3.41. The van der Waals surface area contributed by atoms with Crippen LogP contribution in [-0.2, 0) is 0 Å². The molecule has 1 fully saturated rings. The third-order valence-electron chi connectivity index (χ3n) is 4.46. The molecule has 5 nitrogen and oxygen atoms in total. The normalized spacial score (nSPS) is 25.7. The van der Waals surface area contributed by atoms with Crippen LogP contribution in [0.15, 0.2) is 18.2 Å². The molecule has 21 heavy (non-hydrogen) atoms. The highest BCUT2D eigenvalue weighted by atomic mass is 16.5. The van der Waals surface area contributed by atoms with Crippen molar-refractivity contribution < 1.29 is 19.7 Å². The number of aliphatic hydroxyl groups is 1. The fourth-order valence-electron chi connectivity index (χ4n) is 3.41. The van der Waals surface area contributed by atoms with Gasteiger partial charge in [0.15, 0.2) is 5.75 Å². The molecule has 2 N–H and O–H groups in total. The minimum absolute atomic E-state index is 0.0548. The summed E-state index contributed by atoms with van der Waals surface area (Å²) in [6.07, 6.45) is 4.72.